The number of carbonyl (C=O) groups excluding carboxylic acids is 1. The molecule has 0 amide bonds. The van der Waals surface area contributed by atoms with Gasteiger partial charge < -0.3 is 4.57 Å². The van der Waals surface area contributed by atoms with Crippen molar-refractivity contribution in [1.29, 1.82) is 0 Å². The molecule has 3 rings (SSSR count). The highest BCUT2D eigenvalue weighted by atomic mass is 16.1. The van der Waals surface area contributed by atoms with Crippen molar-refractivity contribution < 1.29 is 4.79 Å². The Bertz CT molecular complexity index is 755. The number of fused-ring (bicyclic) bond motifs is 1. The molecule has 1 aromatic heterocycles. The van der Waals surface area contributed by atoms with Crippen molar-refractivity contribution in [3.05, 3.63) is 71.9 Å². The first-order chi connectivity index (χ1) is 9.66. The van der Waals surface area contributed by atoms with E-state index in [1.165, 1.54) is 5.56 Å². The Balaban J connectivity index is 2.07. The van der Waals surface area contributed by atoms with Gasteiger partial charge in [0.15, 0.2) is 5.78 Å². The zero-order valence-corrected chi connectivity index (χ0v) is 11.7. The van der Waals surface area contributed by atoms with Crippen LogP contribution in [-0.2, 0) is 0 Å². The minimum atomic E-state index is 0.107. The van der Waals surface area contributed by atoms with E-state index in [1.807, 2.05) is 24.3 Å². The molecule has 1 unspecified atom stereocenters. The van der Waals surface area contributed by atoms with E-state index < -0.39 is 0 Å². The molecular formula is C18H17NO. The molecule has 0 saturated carbocycles. The summed E-state index contributed by atoms with van der Waals surface area (Å²) in [5, 5.41) is 1.11. The minimum Gasteiger partial charge on any atom is -0.340 e. The number of aromatic nitrogens is 1. The Labute approximate surface area is 118 Å². The van der Waals surface area contributed by atoms with Gasteiger partial charge in [0.25, 0.3) is 0 Å². The predicted octanol–water partition coefficient (Wildman–Crippen LogP) is 4.45. The van der Waals surface area contributed by atoms with Gasteiger partial charge in [-0.25, -0.2) is 0 Å². The van der Waals surface area contributed by atoms with Crippen molar-refractivity contribution in [1.82, 2.24) is 4.57 Å². The Morgan fingerprint density at radius 1 is 1.05 bits per heavy atom. The summed E-state index contributed by atoms with van der Waals surface area (Å²) >= 11 is 0. The molecule has 2 aromatic carbocycles. The van der Waals surface area contributed by atoms with Gasteiger partial charge in [0, 0.05) is 22.7 Å². The first-order valence-electron chi connectivity index (χ1n) is 6.83. The fourth-order valence-corrected chi connectivity index (χ4v) is 2.61. The SMILES string of the molecule is CC(=O)c1ccc2c(ccn2C(C)c2ccccc2)c1. The standard InChI is InChI=1S/C18H17NO/c1-13(15-6-4-3-5-7-15)19-11-10-17-12-16(14(2)20)8-9-18(17)19/h3-13H,1-2H3. The van der Waals surface area contributed by atoms with Crippen LogP contribution in [0.4, 0.5) is 0 Å². The molecule has 1 atom stereocenters. The molecule has 0 N–H and O–H groups in total. The number of benzene rings is 2. The summed E-state index contributed by atoms with van der Waals surface area (Å²) in [7, 11) is 0. The van der Waals surface area contributed by atoms with Crippen molar-refractivity contribution in [2.75, 3.05) is 0 Å². The Hall–Kier alpha value is -2.35. The Morgan fingerprint density at radius 2 is 1.80 bits per heavy atom. The van der Waals surface area contributed by atoms with Crippen LogP contribution in [0.1, 0.15) is 35.8 Å². The zero-order valence-electron chi connectivity index (χ0n) is 11.7. The average molecular weight is 263 g/mol. The number of hydrogen-bond acceptors (Lipinski definition) is 1. The third-order valence-electron chi connectivity index (χ3n) is 3.83. The second-order valence-corrected chi connectivity index (χ2v) is 5.14. The molecule has 0 aliphatic carbocycles. The van der Waals surface area contributed by atoms with Gasteiger partial charge in [0.2, 0.25) is 0 Å². The monoisotopic (exact) mass is 263 g/mol. The molecule has 0 spiro atoms. The van der Waals surface area contributed by atoms with Gasteiger partial charge in [-0.2, -0.15) is 0 Å². The summed E-state index contributed by atoms with van der Waals surface area (Å²) in [6, 6.07) is 18.7. The van der Waals surface area contributed by atoms with E-state index in [1.54, 1.807) is 6.92 Å². The molecule has 3 aromatic rings. The number of nitrogens with zero attached hydrogens (tertiary/aromatic N) is 1. The van der Waals surface area contributed by atoms with E-state index in [2.05, 4.69) is 48.0 Å². The van der Waals surface area contributed by atoms with Crippen molar-refractivity contribution in [3.63, 3.8) is 0 Å². The average Bonchev–Trinajstić information content (AvgIpc) is 2.90. The van der Waals surface area contributed by atoms with Crippen LogP contribution in [0.3, 0.4) is 0 Å². The summed E-state index contributed by atoms with van der Waals surface area (Å²) < 4.78 is 2.24. The van der Waals surface area contributed by atoms with Gasteiger partial charge in [0.1, 0.15) is 0 Å². The molecule has 100 valence electrons. The van der Waals surface area contributed by atoms with E-state index in [9.17, 15) is 4.79 Å². The molecule has 2 heteroatoms. The fourth-order valence-electron chi connectivity index (χ4n) is 2.61. The van der Waals surface area contributed by atoms with Crippen LogP contribution in [0, 0.1) is 0 Å². The van der Waals surface area contributed by atoms with Crippen molar-refractivity contribution in [2.24, 2.45) is 0 Å². The van der Waals surface area contributed by atoms with Crippen LogP contribution in [0.25, 0.3) is 10.9 Å². The molecule has 0 saturated heterocycles. The van der Waals surface area contributed by atoms with Crippen molar-refractivity contribution >= 4 is 16.7 Å². The van der Waals surface area contributed by atoms with Crippen LogP contribution >= 0.6 is 0 Å². The van der Waals surface area contributed by atoms with Gasteiger partial charge in [-0.3, -0.25) is 4.79 Å². The normalized spacial score (nSPS) is 12.5. The van der Waals surface area contributed by atoms with Crippen LogP contribution in [0.2, 0.25) is 0 Å². The maximum absolute atomic E-state index is 11.4. The van der Waals surface area contributed by atoms with E-state index in [0.717, 1.165) is 16.5 Å². The maximum atomic E-state index is 11.4. The minimum absolute atomic E-state index is 0.107. The number of hydrogen-bond donors (Lipinski definition) is 0. The molecule has 0 bridgehead atoms. The smallest absolute Gasteiger partial charge is 0.159 e. The summed E-state index contributed by atoms with van der Waals surface area (Å²) in [6.45, 7) is 3.79. The highest BCUT2D eigenvalue weighted by molar-refractivity contribution is 5.98. The molecule has 20 heavy (non-hydrogen) atoms. The van der Waals surface area contributed by atoms with Crippen LogP contribution < -0.4 is 0 Å². The lowest BCUT2D eigenvalue weighted by atomic mass is 10.1. The van der Waals surface area contributed by atoms with E-state index in [0.29, 0.717) is 0 Å². The van der Waals surface area contributed by atoms with E-state index in [4.69, 9.17) is 0 Å². The first-order valence-corrected chi connectivity index (χ1v) is 6.83. The maximum Gasteiger partial charge on any atom is 0.159 e. The third kappa shape index (κ3) is 2.14. The molecular weight excluding hydrogens is 246 g/mol. The summed E-state index contributed by atoms with van der Waals surface area (Å²) in [4.78, 5) is 11.4. The highest BCUT2D eigenvalue weighted by Gasteiger charge is 2.11. The molecule has 0 radical (unpaired) electrons. The zero-order chi connectivity index (χ0) is 14.1. The van der Waals surface area contributed by atoms with Gasteiger partial charge in [-0.15, -0.1) is 0 Å². The lowest BCUT2D eigenvalue weighted by Gasteiger charge is -2.16. The quantitative estimate of drug-likeness (QED) is 0.640. The van der Waals surface area contributed by atoms with Crippen LogP contribution in [0.5, 0.6) is 0 Å². The number of ketones is 1. The van der Waals surface area contributed by atoms with E-state index in [-0.39, 0.29) is 11.8 Å². The van der Waals surface area contributed by atoms with Crippen LogP contribution in [-0.4, -0.2) is 10.4 Å². The predicted molar refractivity (Wildman–Crippen MR) is 82.2 cm³/mol. The molecule has 0 aliphatic heterocycles. The number of Topliss-reactive ketones (excluding diaryl/α,β-unsaturated/α-hetero) is 1. The second-order valence-electron chi connectivity index (χ2n) is 5.14. The summed E-state index contributed by atoms with van der Waals surface area (Å²) in [5.74, 6) is 0.107. The molecule has 1 heterocycles. The number of rotatable bonds is 3. The van der Waals surface area contributed by atoms with Gasteiger partial charge in [-0.05, 0) is 43.7 Å². The lowest BCUT2D eigenvalue weighted by molar-refractivity contribution is 0.101. The Morgan fingerprint density at radius 3 is 2.50 bits per heavy atom. The fraction of sp³-hybridized carbons (Fsp3) is 0.167. The summed E-state index contributed by atoms with van der Waals surface area (Å²) in [6.07, 6.45) is 2.09. The largest absolute Gasteiger partial charge is 0.340 e. The van der Waals surface area contributed by atoms with Gasteiger partial charge >= 0.3 is 0 Å². The topological polar surface area (TPSA) is 22.0 Å². The van der Waals surface area contributed by atoms with Crippen LogP contribution in [0.15, 0.2) is 60.8 Å². The number of carbonyl (C=O) groups is 1. The van der Waals surface area contributed by atoms with Crippen molar-refractivity contribution in [3.8, 4) is 0 Å². The van der Waals surface area contributed by atoms with E-state index >= 15 is 0 Å². The molecule has 2 nitrogen and oxygen atoms in total. The lowest BCUT2D eigenvalue weighted by Crippen LogP contribution is -2.05. The van der Waals surface area contributed by atoms with Gasteiger partial charge in [0.05, 0.1) is 6.04 Å². The Kier molecular flexibility index (Phi) is 3.15. The second kappa shape index (κ2) is 4.97. The van der Waals surface area contributed by atoms with Crippen molar-refractivity contribution in [2.45, 2.75) is 19.9 Å². The van der Waals surface area contributed by atoms with Gasteiger partial charge in [-0.1, -0.05) is 30.3 Å². The molecule has 0 fully saturated rings. The molecule has 0 aliphatic rings. The highest BCUT2D eigenvalue weighted by Crippen LogP contribution is 2.25. The third-order valence-corrected chi connectivity index (χ3v) is 3.83. The summed E-state index contributed by atoms with van der Waals surface area (Å²) in [5.41, 5.74) is 3.20. The first kappa shape index (κ1) is 12.7.